The van der Waals surface area contributed by atoms with Gasteiger partial charge < -0.3 is 5.32 Å². The van der Waals surface area contributed by atoms with Crippen molar-refractivity contribution in [2.75, 3.05) is 11.2 Å². The number of benzene rings is 1. The molecule has 0 fully saturated rings. The van der Waals surface area contributed by atoms with Gasteiger partial charge in [0.05, 0.1) is 0 Å². The maximum Gasteiger partial charge on any atom is 0.325 e. The fourth-order valence-corrected chi connectivity index (χ4v) is 1.43. The Kier molecular flexibility index (Phi) is 5.49. The SMILES string of the molecule is CCCc1ccc(NC(=O)NC(=O)CCl)cc1. The molecule has 1 aromatic carbocycles. The summed E-state index contributed by atoms with van der Waals surface area (Å²) >= 11 is 5.26. The van der Waals surface area contributed by atoms with E-state index in [1.54, 1.807) is 12.1 Å². The Morgan fingerprint density at radius 2 is 1.88 bits per heavy atom. The molecule has 0 aliphatic heterocycles. The first-order chi connectivity index (χ1) is 8.15. The summed E-state index contributed by atoms with van der Waals surface area (Å²) in [5, 5.41) is 4.64. The molecule has 5 heteroatoms. The zero-order chi connectivity index (χ0) is 12.7. The first-order valence-electron chi connectivity index (χ1n) is 5.41. The lowest BCUT2D eigenvalue weighted by molar-refractivity contribution is -0.117. The van der Waals surface area contributed by atoms with Crippen LogP contribution < -0.4 is 10.6 Å². The van der Waals surface area contributed by atoms with Crippen LogP contribution in [0.2, 0.25) is 0 Å². The number of imide groups is 1. The standard InChI is InChI=1S/C12H15ClN2O2/c1-2-3-9-4-6-10(7-5-9)14-12(17)15-11(16)8-13/h4-7H,2-3,8H2,1H3,(H2,14,15,16,17). The molecule has 0 spiro atoms. The molecule has 0 aromatic heterocycles. The van der Waals surface area contributed by atoms with Crippen LogP contribution in [0.5, 0.6) is 0 Å². The molecule has 2 N–H and O–H groups in total. The molecule has 1 aromatic rings. The van der Waals surface area contributed by atoms with Crippen molar-refractivity contribution in [2.24, 2.45) is 0 Å². The third-order valence-electron chi connectivity index (χ3n) is 2.12. The lowest BCUT2D eigenvalue weighted by Gasteiger charge is -2.06. The highest BCUT2D eigenvalue weighted by molar-refractivity contribution is 6.28. The third-order valence-corrected chi connectivity index (χ3v) is 2.37. The minimum absolute atomic E-state index is 0.233. The average Bonchev–Trinajstić information content (AvgIpc) is 2.31. The summed E-state index contributed by atoms with van der Waals surface area (Å²) in [6.07, 6.45) is 2.09. The molecule has 3 amide bonds. The summed E-state index contributed by atoms with van der Waals surface area (Å²) in [6.45, 7) is 2.11. The maximum atomic E-state index is 11.3. The second-order valence-electron chi connectivity index (χ2n) is 3.58. The van der Waals surface area contributed by atoms with Crippen molar-refractivity contribution in [1.82, 2.24) is 5.32 Å². The molecule has 0 saturated carbocycles. The second kappa shape index (κ2) is 6.91. The van der Waals surface area contributed by atoms with Crippen molar-refractivity contribution < 1.29 is 9.59 Å². The van der Waals surface area contributed by atoms with E-state index in [9.17, 15) is 9.59 Å². The lowest BCUT2D eigenvalue weighted by atomic mass is 10.1. The summed E-state index contributed by atoms with van der Waals surface area (Å²) in [5.74, 6) is -0.755. The molecule has 0 saturated heterocycles. The van der Waals surface area contributed by atoms with Crippen molar-refractivity contribution in [2.45, 2.75) is 19.8 Å². The van der Waals surface area contributed by atoms with Crippen molar-refractivity contribution in [3.63, 3.8) is 0 Å². The maximum absolute atomic E-state index is 11.3. The third kappa shape index (κ3) is 4.87. The largest absolute Gasteiger partial charge is 0.325 e. The lowest BCUT2D eigenvalue weighted by Crippen LogP contribution is -2.35. The van der Waals surface area contributed by atoms with Gasteiger partial charge in [0.15, 0.2) is 0 Å². The minimum Gasteiger partial charge on any atom is -0.308 e. The van der Waals surface area contributed by atoms with E-state index in [0.717, 1.165) is 12.8 Å². The quantitative estimate of drug-likeness (QED) is 0.812. The Bertz CT molecular complexity index is 390. The number of hydrogen-bond donors (Lipinski definition) is 2. The molecular formula is C12H15ClN2O2. The van der Waals surface area contributed by atoms with Crippen molar-refractivity contribution in [1.29, 1.82) is 0 Å². The minimum atomic E-state index is -0.570. The zero-order valence-electron chi connectivity index (χ0n) is 9.63. The number of aryl methyl sites for hydroxylation is 1. The van der Waals surface area contributed by atoms with Crippen molar-refractivity contribution >= 4 is 29.2 Å². The Hall–Kier alpha value is -1.55. The van der Waals surface area contributed by atoms with Gasteiger partial charge in [-0.3, -0.25) is 10.1 Å². The number of halogens is 1. The van der Waals surface area contributed by atoms with Crippen molar-refractivity contribution in [3.05, 3.63) is 29.8 Å². The van der Waals surface area contributed by atoms with Gasteiger partial charge in [0.2, 0.25) is 5.91 Å². The van der Waals surface area contributed by atoms with Crippen LogP contribution in [-0.4, -0.2) is 17.8 Å². The van der Waals surface area contributed by atoms with E-state index in [4.69, 9.17) is 11.6 Å². The molecule has 17 heavy (non-hydrogen) atoms. The van der Waals surface area contributed by atoms with E-state index in [-0.39, 0.29) is 5.88 Å². The van der Waals surface area contributed by atoms with Crippen LogP contribution in [0.4, 0.5) is 10.5 Å². The Morgan fingerprint density at radius 3 is 2.41 bits per heavy atom. The van der Waals surface area contributed by atoms with E-state index >= 15 is 0 Å². The predicted molar refractivity (Wildman–Crippen MR) is 68.3 cm³/mol. The van der Waals surface area contributed by atoms with Gasteiger partial charge in [-0.25, -0.2) is 4.79 Å². The fraction of sp³-hybridized carbons (Fsp3) is 0.333. The van der Waals surface area contributed by atoms with Crippen molar-refractivity contribution in [3.8, 4) is 0 Å². The van der Waals surface area contributed by atoms with E-state index in [2.05, 4.69) is 17.6 Å². The number of urea groups is 1. The van der Waals surface area contributed by atoms with E-state index in [0.29, 0.717) is 5.69 Å². The van der Waals surface area contributed by atoms with Crippen LogP contribution in [0.3, 0.4) is 0 Å². The number of carbonyl (C=O) groups excluding carboxylic acids is 2. The van der Waals surface area contributed by atoms with Crippen LogP contribution >= 0.6 is 11.6 Å². The summed E-state index contributed by atoms with van der Waals surface area (Å²) in [6, 6.07) is 6.93. The fourth-order valence-electron chi connectivity index (χ4n) is 1.37. The normalized spacial score (nSPS) is 9.76. The van der Waals surface area contributed by atoms with Gasteiger partial charge in [-0.05, 0) is 24.1 Å². The highest BCUT2D eigenvalue weighted by Gasteiger charge is 2.05. The smallest absolute Gasteiger partial charge is 0.308 e. The van der Waals surface area contributed by atoms with Gasteiger partial charge in [-0.1, -0.05) is 25.5 Å². The summed E-state index contributed by atoms with van der Waals surface area (Å²) in [7, 11) is 0. The van der Waals surface area contributed by atoms with E-state index in [1.165, 1.54) is 5.56 Å². The molecule has 0 radical (unpaired) electrons. The van der Waals surface area contributed by atoms with Crippen LogP contribution in [0.1, 0.15) is 18.9 Å². The highest BCUT2D eigenvalue weighted by Crippen LogP contribution is 2.10. The van der Waals surface area contributed by atoms with Crippen LogP contribution in [0.15, 0.2) is 24.3 Å². The molecule has 0 aliphatic carbocycles. The topological polar surface area (TPSA) is 58.2 Å². The van der Waals surface area contributed by atoms with Gasteiger partial charge in [0, 0.05) is 5.69 Å². The zero-order valence-corrected chi connectivity index (χ0v) is 10.4. The molecule has 0 bridgehead atoms. The average molecular weight is 255 g/mol. The number of alkyl halides is 1. The first-order valence-corrected chi connectivity index (χ1v) is 5.95. The second-order valence-corrected chi connectivity index (χ2v) is 3.85. The number of amides is 3. The van der Waals surface area contributed by atoms with Crippen LogP contribution in [-0.2, 0) is 11.2 Å². The van der Waals surface area contributed by atoms with Gasteiger partial charge in [-0.15, -0.1) is 11.6 Å². The molecule has 0 atom stereocenters. The molecule has 92 valence electrons. The summed E-state index contributed by atoms with van der Waals surface area (Å²) in [5.41, 5.74) is 1.86. The molecule has 4 nitrogen and oxygen atoms in total. The highest BCUT2D eigenvalue weighted by atomic mass is 35.5. The van der Waals surface area contributed by atoms with Gasteiger partial charge in [0.1, 0.15) is 5.88 Å². The molecular weight excluding hydrogens is 240 g/mol. The Morgan fingerprint density at radius 1 is 1.24 bits per heavy atom. The first kappa shape index (κ1) is 13.5. The number of hydrogen-bond acceptors (Lipinski definition) is 2. The van der Waals surface area contributed by atoms with Gasteiger partial charge >= 0.3 is 6.03 Å². The summed E-state index contributed by atoms with van der Waals surface area (Å²) < 4.78 is 0. The van der Waals surface area contributed by atoms with E-state index < -0.39 is 11.9 Å². The van der Waals surface area contributed by atoms with Crippen LogP contribution in [0.25, 0.3) is 0 Å². The molecule has 0 heterocycles. The van der Waals surface area contributed by atoms with Gasteiger partial charge in [-0.2, -0.15) is 0 Å². The van der Waals surface area contributed by atoms with Gasteiger partial charge in [0.25, 0.3) is 0 Å². The summed E-state index contributed by atoms with van der Waals surface area (Å²) in [4.78, 5) is 22.1. The number of carbonyl (C=O) groups is 2. The Balaban J connectivity index is 2.51. The molecule has 0 unspecified atom stereocenters. The van der Waals surface area contributed by atoms with Crippen LogP contribution in [0, 0.1) is 0 Å². The molecule has 1 rings (SSSR count). The number of anilines is 1. The predicted octanol–water partition coefficient (Wildman–Crippen LogP) is 2.53. The Labute approximate surface area is 105 Å². The van der Waals surface area contributed by atoms with E-state index in [1.807, 2.05) is 12.1 Å². The number of nitrogens with one attached hydrogen (secondary N) is 2. The molecule has 0 aliphatic rings. The monoisotopic (exact) mass is 254 g/mol. The number of rotatable bonds is 4.